The molecule has 0 bridgehead atoms. The van der Waals surface area contributed by atoms with Crippen molar-refractivity contribution < 1.29 is 14.6 Å². The van der Waals surface area contributed by atoms with Crippen LogP contribution >= 0.6 is 0 Å². The minimum absolute atomic E-state index is 0.0780. The molecule has 1 N–H and O–H groups in total. The lowest BCUT2D eigenvalue weighted by molar-refractivity contribution is -0.155. The van der Waals surface area contributed by atoms with E-state index >= 15 is 0 Å². The molecule has 3 nitrogen and oxygen atoms in total. The second kappa shape index (κ2) is 5.12. The molecule has 0 unspecified atom stereocenters. The van der Waals surface area contributed by atoms with Crippen molar-refractivity contribution in [3.05, 3.63) is 35.9 Å². The Hall–Kier alpha value is -1.35. The van der Waals surface area contributed by atoms with Crippen LogP contribution in [0.2, 0.25) is 0 Å². The third kappa shape index (κ3) is 2.83. The standard InChI is InChI=1S/C13H16O3/c14-12-8-11(9-12)13(15)16-7-6-10-4-2-1-3-5-10/h1-5,11-12,14H,6-9H2. The van der Waals surface area contributed by atoms with E-state index in [9.17, 15) is 4.79 Å². The molecule has 1 saturated carbocycles. The van der Waals surface area contributed by atoms with E-state index in [1.807, 2.05) is 30.3 Å². The predicted molar refractivity (Wildman–Crippen MR) is 59.8 cm³/mol. The number of hydrogen-bond acceptors (Lipinski definition) is 3. The van der Waals surface area contributed by atoms with Gasteiger partial charge in [-0.2, -0.15) is 0 Å². The first-order chi connectivity index (χ1) is 7.75. The lowest BCUT2D eigenvalue weighted by Crippen LogP contribution is -2.35. The SMILES string of the molecule is O=C(OCCc1ccccc1)C1CC(O)C1. The van der Waals surface area contributed by atoms with E-state index in [2.05, 4.69) is 0 Å². The Morgan fingerprint density at radius 2 is 2.00 bits per heavy atom. The number of hydrogen-bond donors (Lipinski definition) is 1. The predicted octanol–water partition coefficient (Wildman–Crippen LogP) is 1.54. The number of rotatable bonds is 4. The van der Waals surface area contributed by atoms with Crippen molar-refractivity contribution in [2.75, 3.05) is 6.61 Å². The van der Waals surface area contributed by atoms with Crippen molar-refractivity contribution in [1.82, 2.24) is 0 Å². The first-order valence-corrected chi connectivity index (χ1v) is 5.64. The number of carbonyl (C=O) groups is 1. The minimum atomic E-state index is -0.299. The molecule has 0 aromatic heterocycles. The van der Waals surface area contributed by atoms with Gasteiger partial charge in [0.15, 0.2) is 0 Å². The van der Waals surface area contributed by atoms with E-state index < -0.39 is 0 Å². The van der Waals surface area contributed by atoms with Gasteiger partial charge < -0.3 is 9.84 Å². The van der Waals surface area contributed by atoms with Crippen LogP contribution in [0.15, 0.2) is 30.3 Å². The molecule has 1 aliphatic rings. The zero-order valence-electron chi connectivity index (χ0n) is 9.13. The van der Waals surface area contributed by atoms with Gasteiger partial charge in [0.2, 0.25) is 0 Å². The highest BCUT2D eigenvalue weighted by Gasteiger charge is 2.34. The van der Waals surface area contributed by atoms with E-state index in [1.54, 1.807) is 0 Å². The Labute approximate surface area is 95.0 Å². The van der Waals surface area contributed by atoms with Gasteiger partial charge in [-0.05, 0) is 18.4 Å². The molecule has 0 heterocycles. The Morgan fingerprint density at radius 1 is 1.31 bits per heavy atom. The highest BCUT2D eigenvalue weighted by Crippen LogP contribution is 2.28. The Kier molecular flexibility index (Phi) is 3.57. The van der Waals surface area contributed by atoms with Crippen molar-refractivity contribution in [3.8, 4) is 0 Å². The summed E-state index contributed by atoms with van der Waals surface area (Å²) in [4.78, 5) is 11.4. The molecule has 1 aromatic rings. The van der Waals surface area contributed by atoms with Crippen LogP contribution in [0.25, 0.3) is 0 Å². The Balaban J connectivity index is 1.67. The number of aliphatic hydroxyl groups excluding tert-OH is 1. The maximum atomic E-state index is 11.4. The molecular formula is C13H16O3. The normalized spacial score (nSPS) is 23.6. The summed E-state index contributed by atoms with van der Waals surface area (Å²) in [6, 6.07) is 9.94. The van der Waals surface area contributed by atoms with E-state index in [-0.39, 0.29) is 18.0 Å². The van der Waals surface area contributed by atoms with Crippen LogP contribution < -0.4 is 0 Å². The van der Waals surface area contributed by atoms with Crippen molar-refractivity contribution in [1.29, 1.82) is 0 Å². The molecule has 0 spiro atoms. The van der Waals surface area contributed by atoms with Crippen LogP contribution in [0, 0.1) is 5.92 Å². The largest absolute Gasteiger partial charge is 0.465 e. The Morgan fingerprint density at radius 3 is 2.62 bits per heavy atom. The van der Waals surface area contributed by atoms with Crippen LogP contribution in [-0.4, -0.2) is 23.8 Å². The molecular weight excluding hydrogens is 204 g/mol. The first-order valence-electron chi connectivity index (χ1n) is 5.64. The van der Waals surface area contributed by atoms with Gasteiger partial charge in [-0.15, -0.1) is 0 Å². The summed E-state index contributed by atoms with van der Waals surface area (Å²) in [7, 11) is 0. The van der Waals surface area contributed by atoms with Gasteiger partial charge in [-0.3, -0.25) is 4.79 Å². The van der Waals surface area contributed by atoms with Crippen LogP contribution in [0.3, 0.4) is 0 Å². The molecule has 2 rings (SSSR count). The number of esters is 1. The van der Waals surface area contributed by atoms with E-state index in [0.29, 0.717) is 19.4 Å². The molecule has 0 radical (unpaired) electrons. The van der Waals surface area contributed by atoms with Crippen LogP contribution in [0.4, 0.5) is 0 Å². The molecule has 86 valence electrons. The van der Waals surface area contributed by atoms with E-state index in [1.165, 1.54) is 5.56 Å². The molecule has 3 heteroatoms. The van der Waals surface area contributed by atoms with Gasteiger partial charge in [-0.1, -0.05) is 30.3 Å². The summed E-state index contributed by atoms with van der Waals surface area (Å²) in [6.07, 6.45) is 1.57. The summed E-state index contributed by atoms with van der Waals surface area (Å²) < 4.78 is 5.15. The molecule has 0 amide bonds. The Bertz CT molecular complexity index is 341. The van der Waals surface area contributed by atoms with Crippen LogP contribution in [-0.2, 0) is 16.0 Å². The third-order valence-corrected chi connectivity index (χ3v) is 2.92. The van der Waals surface area contributed by atoms with Crippen LogP contribution in [0.1, 0.15) is 18.4 Å². The maximum Gasteiger partial charge on any atom is 0.309 e. The average Bonchev–Trinajstić information content (AvgIpc) is 2.26. The molecule has 0 saturated heterocycles. The fourth-order valence-corrected chi connectivity index (χ4v) is 1.81. The van der Waals surface area contributed by atoms with E-state index in [0.717, 1.165) is 6.42 Å². The fourth-order valence-electron chi connectivity index (χ4n) is 1.81. The average molecular weight is 220 g/mol. The molecule has 16 heavy (non-hydrogen) atoms. The highest BCUT2D eigenvalue weighted by molar-refractivity contribution is 5.73. The fraction of sp³-hybridized carbons (Fsp3) is 0.462. The van der Waals surface area contributed by atoms with Crippen molar-refractivity contribution in [2.24, 2.45) is 5.92 Å². The molecule has 1 fully saturated rings. The second-order valence-corrected chi connectivity index (χ2v) is 4.23. The van der Waals surface area contributed by atoms with Crippen molar-refractivity contribution in [2.45, 2.75) is 25.4 Å². The molecule has 0 aliphatic heterocycles. The summed E-state index contributed by atoms with van der Waals surface area (Å²) >= 11 is 0. The lowest BCUT2D eigenvalue weighted by atomic mass is 9.83. The molecule has 1 aromatic carbocycles. The third-order valence-electron chi connectivity index (χ3n) is 2.92. The van der Waals surface area contributed by atoms with Crippen molar-refractivity contribution >= 4 is 5.97 Å². The first kappa shape index (κ1) is 11.1. The summed E-state index contributed by atoms with van der Waals surface area (Å²) in [5.74, 6) is -0.244. The summed E-state index contributed by atoms with van der Waals surface area (Å²) in [5, 5.41) is 9.06. The smallest absolute Gasteiger partial charge is 0.309 e. The lowest BCUT2D eigenvalue weighted by Gasteiger charge is -2.29. The maximum absolute atomic E-state index is 11.4. The summed E-state index contributed by atoms with van der Waals surface area (Å²) in [5.41, 5.74) is 1.17. The van der Waals surface area contributed by atoms with Gasteiger partial charge in [-0.25, -0.2) is 0 Å². The van der Waals surface area contributed by atoms with Gasteiger partial charge in [0.1, 0.15) is 0 Å². The number of benzene rings is 1. The summed E-state index contributed by atoms with van der Waals surface area (Å²) in [6.45, 7) is 0.426. The molecule has 1 aliphatic carbocycles. The van der Waals surface area contributed by atoms with Crippen molar-refractivity contribution in [3.63, 3.8) is 0 Å². The number of carbonyl (C=O) groups excluding carboxylic acids is 1. The topological polar surface area (TPSA) is 46.5 Å². The zero-order chi connectivity index (χ0) is 11.4. The monoisotopic (exact) mass is 220 g/mol. The quantitative estimate of drug-likeness (QED) is 0.783. The zero-order valence-corrected chi connectivity index (χ0v) is 9.13. The minimum Gasteiger partial charge on any atom is -0.465 e. The van der Waals surface area contributed by atoms with Gasteiger partial charge >= 0.3 is 5.97 Å². The highest BCUT2D eigenvalue weighted by atomic mass is 16.5. The molecule has 0 atom stereocenters. The van der Waals surface area contributed by atoms with Gasteiger partial charge in [0.05, 0.1) is 18.6 Å². The van der Waals surface area contributed by atoms with Crippen LogP contribution in [0.5, 0.6) is 0 Å². The number of aliphatic hydroxyl groups is 1. The van der Waals surface area contributed by atoms with E-state index in [4.69, 9.17) is 9.84 Å². The number of ether oxygens (including phenoxy) is 1. The second-order valence-electron chi connectivity index (χ2n) is 4.23. The van der Waals surface area contributed by atoms with Gasteiger partial charge in [0.25, 0.3) is 0 Å². The van der Waals surface area contributed by atoms with Gasteiger partial charge in [0, 0.05) is 6.42 Å².